The number of hydrogen-bond acceptors (Lipinski definition) is 3. The van der Waals surface area contributed by atoms with Gasteiger partial charge in [0.25, 0.3) is 0 Å². The van der Waals surface area contributed by atoms with Gasteiger partial charge in [-0.05, 0) is 154 Å². The lowest BCUT2D eigenvalue weighted by atomic mass is 9.57. The van der Waals surface area contributed by atoms with Gasteiger partial charge in [-0.25, -0.2) is 0 Å². The Morgan fingerprint density at radius 3 is 2.00 bits per heavy atom. The van der Waals surface area contributed by atoms with E-state index in [0.29, 0.717) is 5.54 Å². The highest BCUT2D eigenvalue weighted by Gasteiger charge is 2.63. The van der Waals surface area contributed by atoms with Crippen LogP contribution >= 0.6 is 0 Å². The van der Waals surface area contributed by atoms with Crippen LogP contribution in [0.4, 0.5) is 0 Å². The summed E-state index contributed by atoms with van der Waals surface area (Å²) in [4.78, 5) is 8.62. The predicted molar refractivity (Wildman–Crippen MR) is 134 cm³/mol. The van der Waals surface area contributed by atoms with E-state index in [1.807, 2.05) is 0 Å². The van der Waals surface area contributed by atoms with Crippen LogP contribution in [0.2, 0.25) is 0 Å². The fraction of sp³-hybridized carbons (Fsp3) is 1.00. The summed E-state index contributed by atoms with van der Waals surface area (Å²) in [6.07, 6.45) is 18.1. The van der Waals surface area contributed by atoms with Crippen molar-refractivity contribution < 1.29 is 0 Å². The molecular weight excluding hydrogens is 390 g/mol. The third-order valence-corrected chi connectivity index (χ3v) is 11.8. The molecule has 0 N–H and O–H groups in total. The molecule has 3 heterocycles. The van der Waals surface area contributed by atoms with Crippen LogP contribution in [0.25, 0.3) is 0 Å². The van der Waals surface area contributed by atoms with Crippen molar-refractivity contribution in [2.24, 2.45) is 22.7 Å². The average molecular weight is 442 g/mol. The zero-order valence-corrected chi connectivity index (χ0v) is 21.7. The molecule has 2 atom stereocenters. The van der Waals surface area contributed by atoms with E-state index in [0.717, 1.165) is 40.8 Å². The van der Waals surface area contributed by atoms with Gasteiger partial charge in [0.15, 0.2) is 0 Å². The van der Waals surface area contributed by atoms with Crippen LogP contribution in [0.3, 0.4) is 0 Å². The summed E-state index contributed by atoms with van der Waals surface area (Å²) in [5, 5.41) is 0. The SMILES string of the molecule is CC(C)N1CCC2(CC1)CC(CN1CCC3(CC1)CC3C1CCC3(CCC3)N1C(C)C)C2. The molecule has 3 spiro atoms. The van der Waals surface area contributed by atoms with E-state index in [9.17, 15) is 0 Å². The smallest absolute Gasteiger partial charge is 0.0216 e. The fourth-order valence-corrected chi connectivity index (χ4v) is 9.72. The lowest BCUT2D eigenvalue weighted by molar-refractivity contribution is -0.0367. The quantitative estimate of drug-likeness (QED) is 0.535. The van der Waals surface area contributed by atoms with E-state index < -0.39 is 0 Å². The second kappa shape index (κ2) is 7.95. The van der Waals surface area contributed by atoms with Gasteiger partial charge >= 0.3 is 0 Å². The molecule has 32 heavy (non-hydrogen) atoms. The summed E-state index contributed by atoms with van der Waals surface area (Å²) in [6.45, 7) is 16.6. The maximum Gasteiger partial charge on any atom is 0.0216 e. The number of hydrogen-bond donors (Lipinski definition) is 0. The van der Waals surface area contributed by atoms with Gasteiger partial charge in [-0.2, -0.15) is 0 Å². The third kappa shape index (κ3) is 3.63. The molecule has 6 fully saturated rings. The average Bonchev–Trinajstić information content (AvgIpc) is 3.24. The van der Waals surface area contributed by atoms with E-state index in [2.05, 4.69) is 42.4 Å². The lowest BCUT2D eigenvalue weighted by Crippen LogP contribution is -2.55. The zero-order valence-electron chi connectivity index (χ0n) is 21.7. The van der Waals surface area contributed by atoms with E-state index in [1.54, 1.807) is 6.42 Å². The van der Waals surface area contributed by atoms with Crippen LogP contribution in [0, 0.1) is 22.7 Å². The Morgan fingerprint density at radius 2 is 1.44 bits per heavy atom. The molecule has 0 amide bonds. The Morgan fingerprint density at radius 1 is 0.750 bits per heavy atom. The summed E-state index contributed by atoms with van der Waals surface area (Å²) in [5.41, 5.74) is 2.12. The minimum atomic E-state index is 0.634. The normalized spacial score (nSPS) is 36.9. The molecule has 0 radical (unpaired) electrons. The fourth-order valence-electron chi connectivity index (χ4n) is 9.72. The lowest BCUT2D eigenvalue weighted by Gasteiger charge is -2.54. The van der Waals surface area contributed by atoms with Crippen LogP contribution in [0.15, 0.2) is 0 Å². The first-order valence-electron chi connectivity index (χ1n) is 14.6. The Hall–Kier alpha value is -0.120. The van der Waals surface area contributed by atoms with E-state index in [4.69, 9.17) is 0 Å². The number of nitrogens with zero attached hydrogens (tertiary/aromatic N) is 3. The molecule has 0 aromatic carbocycles. The summed E-state index contributed by atoms with van der Waals surface area (Å²) < 4.78 is 0. The Bertz CT molecular complexity index is 671. The highest BCUT2D eigenvalue weighted by molar-refractivity contribution is 5.16. The zero-order chi connectivity index (χ0) is 22.1. The molecule has 0 aromatic rings. The summed E-state index contributed by atoms with van der Waals surface area (Å²) in [7, 11) is 0. The molecule has 6 aliphatic rings. The third-order valence-electron chi connectivity index (χ3n) is 11.8. The van der Waals surface area contributed by atoms with Crippen molar-refractivity contribution in [2.45, 2.75) is 128 Å². The van der Waals surface area contributed by atoms with Crippen molar-refractivity contribution in [3.8, 4) is 0 Å². The topological polar surface area (TPSA) is 9.72 Å². The highest BCUT2D eigenvalue weighted by atomic mass is 15.3. The molecular formula is C29H51N3. The highest BCUT2D eigenvalue weighted by Crippen LogP contribution is 2.65. The first-order valence-corrected chi connectivity index (χ1v) is 14.6. The van der Waals surface area contributed by atoms with Gasteiger partial charge in [0.05, 0.1) is 0 Å². The van der Waals surface area contributed by atoms with Gasteiger partial charge in [0, 0.05) is 30.2 Å². The van der Waals surface area contributed by atoms with Crippen molar-refractivity contribution in [3.05, 3.63) is 0 Å². The van der Waals surface area contributed by atoms with Gasteiger partial charge in [-0.3, -0.25) is 4.90 Å². The standard InChI is InChI=1S/C29H51N3/c1-22(2)31-16-10-27(11-17-31)18-24(19-27)21-30-14-12-28(13-15-30)20-25(28)26-6-9-29(7-5-8-29)32(26)23(3)4/h22-26H,5-21H2,1-4H3. The molecule has 0 bridgehead atoms. The Labute approximate surface area is 198 Å². The van der Waals surface area contributed by atoms with Gasteiger partial charge in [-0.15, -0.1) is 0 Å². The minimum Gasteiger partial charge on any atom is -0.303 e. The minimum absolute atomic E-state index is 0.634. The molecule has 3 saturated heterocycles. The van der Waals surface area contributed by atoms with E-state index in [-0.39, 0.29) is 0 Å². The van der Waals surface area contributed by atoms with E-state index in [1.165, 1.54) is 103 Å². The van der Waals surface area contributed by atoms with Gasteiger partial charge < -0.3 is 9.80 Å². The molecule has 3 saturated carbocycles. The molecule has 6 rings (SSSR count). The summed E-state index contributed by atoms with van der Waals surface area (Å²) in [6, 6.07) is 2.41. The maximum absolute atomic E-state index is 3.04. The van der Waals surface area contributed by atoms with Crippen LogP contribution in [0.1, 0.15) is 105 Å². The molecule has 3 nitrogen and oxygen atoms in total. The molecule has 2 unspecified atom stereocenters. The number of rotatable bonds is 5. The largest absolute Gasteiger partial charge is 0.303 e. The molecule has 3 heteroatoms. The second-order valence-corrected chi connectivity index (χ2v) is 14.1. The first kappa shape index (κ1) is 22.4. The van der Waals surface area contributed by atoms with Gasteiger partial charge in [0.2, 0.25) is 0 Å². The Kier molecular flexibility index (Phi) is 5.55. The summed E-state index contributed by atoms with van der Waals surface area (Å²) >= 11 is 0. The maximum atomic E-state index is 3.04. The first-order chi connectivity index (χ1) is 15.3. The van der Waals surface area contributed by atoms with Gasteiger partial charge in [0.1, 0.15) is 0 Å². The van der Waals surface area contributed by atoms with Crippen LogP contribution < -0.4 is 0 Å². The van der Waals surface area contributed by atoms with Gasteiger partial charge in [-0.1, -0.05) is 0 Å². The van der Waals surface area contributed by atoms with Crippen molar-refractivity contribution in [3.63, 3.8) is 0 Å². The van der Waals surface area contributed by atoms with Crippen molar-refractivity contribution in [2.75, 3.05) is 32.7 Å². The van der Waals surface area contributed by atoms with Crippen LogP contribution in [0.5, 0.6) is 0 Å². The van der Waals surface area contributed by atoms with E-state index >= 15 is 0 Å². The Balaban J connectivity index is 0.967. The predicted octanol–water partition coefficient (Wildman–Crippen LogP) is 5.78. The number of piperidine rings is 2. The van der Waals surface area contributed by atoms with Crippen molar-refractivity contribution >= 4 is 0 Å². The van der Waals surface area contributed by atoms with Crippen molar-refractivity contribution in [1.29, 1.82) is 0 Å². The molecule has 0 aromatic heterocycles. The number of likely N-dealkylation sites (tertiary alicyclic amines) is 3. The molecule has 3 aliphatic heterocycles. The van der Waals surface area contributed by atoms with Crippen LogP contribution in [-0.4, -0.2) is 71.1 Å². The summed E-state index contributed by atoms with van der Waals surface area (Å²) in [5.74, 6) is 2.04. The molecule has 182 valence electrons. The molecule has 3 aliphatic carbocycles. The van der Waals surface area contributed by atoms with Crippen LogP contribution in [-0.2, 0) is 0 Å². The van der Waals surface area contributed by atoms with Crippen molar-refractivity contribution in [1.82, 2.24) is 14.7 Å². The monoisotopic (exact) mass is 441 g/mol. The second-order valence-electron chi connectivity index (χ2n) is 14.1.